The average molecular weight is 2020 g/mol. The summed E-state index contributed by atoms with van der Waals surface area (Å²) in [6.45, 7) is -8.87. The van der Waals surface area contributed by atoms with Crippen LogP contribution in [0.5, 0.6) is 0 Å². The van der Waals surface area contributed by atoms with Crippen molar-refractivity contribution in [2.45, 2.75) is 310 Å². The monoisotopic (exact) mass is 2020 g/mol. The lowest BCUT2D eigenvalue weighted by molar-refractivity contribution is -0.376. The molecule has 4 amide bonds. The molecule has 0 aromatic rings. The van der Waals surface area contributed by atoms with E-state index in [1.54, 1.807) is 6.92 Å². The van der Waals surface area contributed by atoms with Crippen LogP contribution >= 0.6 is 0 Å². The zero-order valence-electron chi connectivity index (χ0n) is 75.2. The van der Waals surface area contributed by atoms with E-state index in [9.17, 15) is 167 Å². The molecule has 9 fully saturated rings. The van der Waals surface area contributed by atoms with Crippen molar-refractivity contribution in [1.82, 2.24) is 21.3 Å². The number of amides is 4. The van der Waals surface area contributed by atoms with Crippen molar-refractivity contribution < 1.29 is 271 Å². The molecule has 59 heteroatoms. The third-order valence-corrected chi connectivity index (χ3v) is 24.2. The zero-order valence-corrected chi connectivity index (χ0v) is 75.2. The van der Waals surface area contributed by atoms with Gasteiger partial charge in [0, 0.05) is 57.8 Å². The molecule has 0 aliphatic carbocycles. The number of nitrogens with one attached hydrogen (secondary N) is 4. The molecular formula is C79H138N4O55. The minimum Gasteiger partial charge on any atom is -0.394 e. The fourth-order valence-electron chi connectivity index (χ4n) is 15.8. The summed E-state index contributed by atoms with van der Waals surface area (Å²) in [6, 6.07) is 0. The number of hydrogen-bond donors (Lipinski definition) is 33. The number of carbonyl (C=O) groups excluding carboxylic acids is 4. The predicted octanol–water partition coefficient (Wildman–Crippen LogP) is -21.3. The highest BCUT2D eigenvalue weighted by molar-refractivity contribution is 5.77. The Balaban J connectivity index is 0.842. The van der Waals surface area contributed by atoms with Crippen LogP contribution in [0.15, 0.2) is 0 Å². The Morgan fingerprint density at radius 1 is 0.254 bits per heavy atom. The van der Waals surface area contributed by atoms with Gasteiger partial charge in [-0.15, -0.1) is 0 Å². The van der Waals surface area contributed by atoms with Crippen LogP contribution in [-0.2, 0) is 123 Å². The Kier molecular flexibility index (Phi) is 48.2. The number of aliphatic hydroxyl groups excluding tert-OH is 29. The molecule has 0 aromatic heterocycles. The Bertz CT molecular complexity index is 3370. The van der Waals surface area contributed by atoms with E-state index in [1.165, 1.54) is 6.92 Å². The van der Waals surface area contributed by atoms with E-state index in [0.29, 0.717) is 0 Å². The summed E-state index contributed by atoms with van der Waals surface area (Å²) < 4.78 is 126. The first kappa shape index (κ1) is 117. The van der Waals surface area contributed by atoms with Crippen molar-refractivity contribution >= 4 is 23.6 Å². The minimum atomic E-state index is -2.06. The van der Waals surface area contributed by atoms with Crippen molar-refractivity contribution in [3.8, 4) is 0 Å². The summed E-state index contributed by atoms with van der Waals surface area (Å²) in [4.78, 5) is 53.3. The Morgan fingerprint density at radius 3 is 0.739 bits per heavy atom. The number of rotatable bonds is 53. The predicted molar refractivity (Wildman–Crippen MR) is 435 cm³/mol. The van der Waals surface area contributed by atoms with Crippen LogP contribution in [0.2, 0.25) is 0 Å². The number of aliphatic hydroxyl groups is 29. The first-order valence-corrected chi connectivity index (χ1v) is 45.0. The molecule has 9 heterocycles. The van der Waals surface area contributed by atoms with Crippen LogP contribution in [0.25, 0.3) is 0 Å². The lowest BCUT2D eigenvalue weighted by Crippen LogP contribution is -2.65. The Hall–Kier alpha value is -4.16. The third-order valence-electron chi connectivity index (χ3n) is 24.2. The van der Waals surface area contributed by atoms with Gasteiger partial charge in [0.05, 0.1) is 137 Å². The highest BCUT2D eigenvalue weighted by atomic mass is 16.8. The van der Waals surface area contributed by atoms with Gasteiger partial charge in [0.15, 0.2) is 62.9 Å². The van der Waals surface area contributed by atoms with Crippen LogP contribution in [0.1, 0.15) is 39.5 Å². The number of ether oxygens (including phenoxy) is 22. The molecule has 9 aliphatic heterocycles. The quantitative estimate of drug-likeness (QED) is 0.0252. The first-order valence-electron chi connectivity index (χ1n) is 45.0. The van der Waals surface area contributed by atoms with Crippen LogP contribution in [0.4, 0.5) is 0 Å². The molecule has 9 saturated heterocycles. The zero-order chi connectivity index (χ0) is 101. The van der Waals surface area contributed by atoms with Gasteiger partial charge >= 0.3 is 0 Å². The van der Waals surface area contributed by atoms with E-state index in [0.717, 1.165) is 0 Å². The van der Waals surface area contributed by atoms with Gasteiger partial charge in [-0.05, 0) is 6.92 Å². The molecule has 138 heavy (non-hydrogen) atoms. The van der Waals surface area contributed by atoms with E-state index in [1.807, 2.05) is 0 Å². The molecular weight excluding hydrogens is 1880 g/mol. The molecule has 0 aromatic carbocycles. The van der Waals surface area contributed by atoms with Crippen LogP contribution < -0.4 is 21.3 Å². The highest BCUT2D eigenvalue weighted by Crippen LogP contribution is 2.37. The summed E-state index contributed by atoms with van der Waals surface area (Å²) in [7, 11) is 0. The molecule has 804 valence electrons. The first-order chi connectivity index (χ1) is 65.7. The second kappa shape index (κ2) is 56.7. The van der Waals surface area contributed by atoms with Gasteiger partial charge < -0.3 is 274 Å². The summed E-state index contributed by atoms with van der Waals surface area (Å²) in [5.41, 5.74) is -1.47. The van der Waals surface area contributed by atoms with Gasteiger partial charge in [-0.3, -0.25) is 19.2 Å². The summed E-state index contributed by atoms with van der Waals surface area (Å²) in [6.07, 6.45) is -81.7. The summed E-state index contributed by atoms with van der Waals surface area (Å²) >= 11 is 0. The molecule has 9 aliphatic rings. The van der Waals surface area contributed by atoms with E-state index < -0.39 is 417 Å². The fraction of sp³-hybridized carbons (Fsp3) is 0.949. The fourth-order valence-corrected chi connectivity index (χ4v) is 15.8. The molecule has 0 spiro atoms. The van der Waals surface area contributed by atoms with Gasteiger partial charge in [0.25, 0.3) is 0 Å². The van der Waals surface area contributed by atoms with Gasteiger partial charge in [-0.2, -0.15) is 0 Å². The maximum atomic E-state index is 13.5. The smallest absolute Gasteiger partial charge is 0.222 e. The lowest BCUT2D eigenvalue weighted by atomic mass is 9.92. The Morgan fingerprint density at radius 2 is 0.478 bits per heavy atom. The van der Waals surface area contributed by atoms with E-state index in [2.05, 4.69) is 21.3 Å². The topological polar surface area (TPSA) is 906 Å². The number of hydrogen-bond acceptors (Lipinski definition) is 55. The molecule has 45 atom stereocenters. The summed E-state index contributed by atoms with van der Waals surface area (Å²) in [5.74, 6) is -3.52. The van der Waals surface area contributed by atoms with Crippen LogP contribution in [-0.4, -0.2) is 594 Å². The van der Waals surface area contributed by atoms with Crippen molar-refractivity contribution in [2.24, 2.45) is 11.3 Å². The van der Waals surface area contributed by atoms with Crippen molar-refractivity contribution in [3.63, 3.8) is 0 Å². The maximum Gasteiger partial charge on any atom is 0.222 e. The normalized spacial score (nSPS) is 42.1. The molecule has 0 saturated carbocycles. The molecule has 33 N–H and O–H groups in total. The molecule has 0 unspecified atom stereocenters. The average Bonchev–Trinajstić information content (AvgIpc) is 0.732. The molecule has 0 bridgehead atoms. The summed E-state index contributed by atoms with van der Waals surface area (Å²) in [5, 5.41) is 318. The second-order valence-electron chi connectivity index (χ2n) is 34.4. The Labute approximate surface area is 787 Å². The van der Waals surface area contributed by atoms with E-state index in [4.69, 9.17) is 104 Å². The molecule has 9 rings (SSSR count). The van der Waals surface area contributed by atoms with Gasteiger partial charge in [-0.25, -0.2) is 0 Å². The SMILES string of the molecule is CCNC(=O)CCOCC(COCCC(=O)NCCO[C@H]1O[C@H](CO[C@H]2O[C@H](CO)[C@@H](O)[C@H](O)[C@@H]2O)[C@@H](O)[C@H](O[C@H]2O[C@H](CO)[C@@H](O)[C@H](O)[C@@H]2O)[C@@H]1O)(COCCC(=O)NCCO[C@H]1O[C@H](CO[C@H]2O[C@H](CO)[C@@H](O)[C@H](O)[C@@H]2O)[C@@H](O)[C@H](O[C@H]2O[C@H](CO)[C@@H](O)[C@H](O)[C@@H]2O)[C@@H]1O)COCCC(=O)NCCO[C@H]1O[C@H](CO[C@H]2O[C@H](CO)[C@@H](O)[C@H](O)[C@@H]2O)[C@@H](O)[C@H](O[C@H]2O[C@H](O)[C@@H](C)[C@H](O)[C@@H]2O)[C@@H]1O. The molecule has 59 nitrogen and oxygen atoms in total. The van der Waals surface area contributed by atoms with Crippen molar-refractivity contribution in [2.75, 3.05) is 152 Å². The standard InChI is InChI=1S/C79H138N4O55/c1-3-80-39(89)4-11-117-26-79(29-120-14-7-42(92)83-10-17-123-75-65(115)68(137-78-57(107)43(93)30(2)69(116)138-78)51(101)38(134-75)25-126-72-60(110)54(104)46(96)33(20-86)129-72,27-118-12-5-40(90)81-8-15-121-73-63(113)66(135-76-61(111)55(105)47(97)34(21-87)130-76)49(99)36(132-73)23-124-70-58(108)52(102)44(94)31(18-84)127-70)28-119-13-6-41(91)82-9-16-122-74-64(114)67(136-77-62(112)56(106)48(98)35(22-88)131-77)50(100)37(133-74)24-125-71-59(109)53(103)45(95)32(19-85)128-71/h30-38,43-78,84-88,93-116H,3-29H2,1-2H3,(H,80,89)(H,81,90)(H,82,91)(H,83,92)/t30-,31+,32+,33+,34+,35+,36+,37+,38+,43-,44+,45+,46+,47+,48+,49+,50+,51+,52-,53-,54-,55-,56-,57-,58-,59-,60-,61-,62-,63-,64-,65-,66-,67-,68-,69-,70-,71-,72-,73-,74-,75-,76+,77+,78-/m0/s1. The minimum absolute atomic E-state index is 0.169. The van der Waals surface area contributed by atoms with Crippen molar-refractivity contribution in [1.29, 1.82) is 0 Å². The van der Waals surface area contributed by atoms with Gasteiger partial charge in [0.1, 0.15) is 201 Å². The lowest BCUT2D eigenvalue weighted by Gasteiger charge is -2.46. The van der Waals surface area contributed by atoms with E-state index >= 15 is 0 Å². The molecule has 0 radical (unpaired) electrons. The highest BCUT2D eigenvalue weighted by Gasteiger charge is 2.58. The van der Waals surface area contributed by atoms with Crippen molar-refractivity contribution in [3.05, 3.63) is 0 Å². The third kappa shape index (κ3) is 31.2. The maximum absolute atomic E-state index is 13.5. The van der Waals surface area contributed by atoms with Crippen LogP contribution in [0, 0.1) is 11.3 Å². The van der Waals surface area contributed by atoms with Gasteiger partial charge in [0.2, 0.25) is 23.6 Å². The second-order valence-corrected chi connectivity index (χ2v) is 34.4. The van der Waals surface area contributed by atoms with Crippen LogP contribution in [0.3, 0.4) is 0 Å². The number of carbonyl (C=O) groups is 4. The largest absolute Gasteiger partial charge is 0.394 e. The van der Waals surface area contributed by atoms with E-state index in [-0.39, 0.29) is 65.6 Å². The van der Waals surface area contributed by atoms with Gasteiger partial charge in [-0.1, -0.05) is 6.92 Å².